The third-order valence-electron chi connectivity index (χ3n) is 17.1. The minimum atomic E-state index is -1.91. The molecule has 0 bridgehead atoms. The average Bonchev–Trinajstić information content (AvgIpc) is 0.836. The molecule has 9 amide bonds. The number of rotatable bonds is 69. The number of hydrogen-bond acceptors (Lipinski definition) is 35. The SMILES string of the molecule is CC(=O)N/C(=C(/OC(C)=O)C(CCOC(C)=O)OC(C)=O)C(O)OCCCCCC(=O)NCCCNC(=O)C(CCCCN)N(CC(=O)NCCCNC(=O)CCCCCOC(O)C(NC(C)=O)C(OC(C)=O)C(CCOC(C)=O)OC(C)=O)CC(=O)NCCCNC(=O)CCCCCOC(O)C(NC(C)=O)C(OC(C)=O)C(CCOC(C)=O)OC(C)=O. The fraction of sp³-hybridized carbons (Fsp3) is 0.747. The molecule has 0 aromatic heterocycles. The molecule has 11 unspecified atom stereocenters. The molecule has 14 N–H and O–H groups in total. The van der Waals surface area contributed by atoms with Crippen LogP contribution in [0, 0.1) is 0 Å². The third-order valence-corrected chi connectivity index (χ3v) is 17.1. The molecule has 44 nitrogen and oxygen atoms in total. The van der Waals surface area contributed by atoms with E-state index < -0.39 is 181 Å². The summed E-state index contributed by atoms with van der Waals surface area (Å²) in [6.07, 6.45) is -7.44. The van der Waals surface area contributed by atoms with Crippen molar-refractivity contribution in [3.63, 3.8) is 0 Å². The number of hydrogen-bond donors (Lipinski definition) is 13. The number of esters is 9. The van der Waals surface area contributed by atoms with E-state index in [9.17, 15) is 102 Å². The van der Waals surface area contributed by atoms with Gasteiger partial charge in [-0.15, -0.1) is 0 Å². The lowest BCUT2D eigenvalue weighted by atomic mass is 10.0. The number of aliphatic hydroxyl groups excluding tert-OH is 3. The Morgan fingerprint density at radius 3 is 1.04 bits per heavy atom. The fourth-order valence-corrected chi connectivity index (χ4v) is 11.8. The molecule has 0 heterocycles. The van der Waals surface area contributed by atoms with Crippen LogP contribution >= 0.6 is 0 Å². The van der Waals surface area contributed by atoms with Crippen LogP contribution in [0.2, 0.25) is 0 Å². The normalized spacial score (nSPS) is 13.9. The number of nitrogens with one attached hydrogen (secondary N) is 9. The molecule has 0 rings (SSSR count). The van der Waals surface area contributed by atoms with E-state index in [1.165, 1.54) is 4.90 Å². The molecule has 0 aliphatic rings. The molecule has 0 fully saturated rings. The first kappa shape index (κ1) is 113. The summed E-state index contributed by atoms with van der Waals surface area (Å²) in [6.45, 7) is 12.2. The molecule has 0 spiro atoms. The minimum absolute atomic E-state index is 0.0638. The molecule has 0 radical (unpaired) electrons. The number of aliphatic hydroxyl groups is 3. The Hall–Kier alpha value is -10.1. The smallest absolute Gasteiger partial charge is 0.307 e. The molecular formula is C79H133N11O33. The van der Waals surface area contributed by atoms with Gasteiger partial charge >= 0.3 is 53.7 Å². The van der Waals surface area contributed by atoms with E-state index in [1.54, 1.807) is 0 Å². The van der Waals surface area contributed by atoms with Crippen LogP contribution in [-0.4, -0.2) is 293 Å². The number of nitrogens with two attached hydrogens (primary N) is 1. The average molecular weight is 1760 g/mol. The Morgan fingerprint density at radius 1 is 0.341 bits per heavy atom. The lowest BCUT2D eigenvalue weighted by Crippen LogP contribution is -2.57. The largest absolute Gasteiger partial charge is 0.466 e. The van der Waals surface area contributed by atoms with Crippen LogP contribution in [0.4, 0.5) is 0 Å². The van der Waals surface area contributed by atoms with Crippen LogP contribution in [0.5, 0.6) is 0 Å². The standard InChI is InChI=1S/C79H133N11O33/c1-49(91)87-70(73(121-58(10)100)62(118-55(7)97)31-44-112-52(4)94)77(109)115-41-21-13-16-28-65(103)81-35-24-38-84-68(106)47-90(48-69(107)85-39-25-36-82-66(104)29-17-14-22-42-116-78(110)71(88-50(2)92)74(122-59(11)101)63(119-56(8)98)32-45-113-53(5)95)61(27-19-20-34-80)76(108)86-40-26-37-83-67(105)30-18-15-23-43-117-79(111)72(89-51(3)93)75(123-60(12)102)64(120-57(9)99)33-46-114-54(6)96/h61-64,70-71,73-74,77-79,109-111H,13-48,80H2,1-12H3,(H,81,103)(H,82,104)(H,83,105)(H,84,106)(H,85,107)(H,86,108)(H,87,91)(H,88,92)(H,89,93)/b75-72+. The lowest BCUT2D eigenvalue weighted by molar-refractivity contribution is -0.189. The van der Waals surface area contributed by atoms with Gasteiger partial charge < -0.3 is 126 Å². The highest BCUT2D eigenvalue weighted by atomic mass is 16.6. The summed E-state index contributed by atoms with van der Waals surface area (Å²) in [5, 5.41) is 57.3. The van der Waals surface area contributed by atoms with Gasteiger partial charge in [0.25, 0.3) is 0 Å². The van der Waals surface area contributed by atoms with Crippen LogP contribution in [-0.2, 0) is 143 Å². The van der Waals surface area contributed by atoms with Crippen LogP contribution in [0.3, 0.4) is 0 Å². The van der Waals surface area contributed by atoms with E-state index >= 15 is 0 Å². The number of carbonyl (C=O) groups is 18. The van der Waals surface area contributed by atoms with Crippen molar-refractivity contribution >= 4 is 107 Å². The molecule has 0 saturated heterocycles. The third kappa shape index (κ3) is 58.6. The number of unbranched alkanes of at least 4 members (excludes halogenated alkanes) is 7. The molecule has 44 heteroatoms. The predicted octanol–water partition coefficient (Wildman–Crippen LogP) is -1.22. The Balaban J connectivity index is 6.07. The first-order chi connectivity index (χ1) is 58.2. The Bertz CT molecular complexity index is 3210. The molecule has 123 heavy (non-hydrogen) atoms. The zero-order chi connectivity index (χ0) is 92.8. The maximum Gasteiger partial charge on any atom is 0.307 e. The van der Waals surface area contributed by atoms with E-state index in [4.69, 9.17) is 62.6 Å². The van der Waals surface area contributed by atoms with E-state index in [0.29, 0.717) is 70.6 Å². The van der Waals surface area contributed by atoms with Crippen LogP contribution in [0.15, 0.2) is 11.5 Å². The second kappa shape index (κ2) is 67.4. The maximum absolute atomic E-state index is 14.2. The summed E-state index contributed by atoms with van der Waals surface area (Å²) in [7, 11) is 0. The molecule has 11 atom stereocenters. The van der Waals surface area contributed by atoms with Crippen molar-refractivity contribution < 1.29 is 158 Å². The van der Waals surface area contributed by atoms with Crippen LogP contribution < -0.4 is 53.6 Å². The highest BCUT2D eigenvalue weighted by Crippen LogP contribution is 2.24. The van der Waals surface area contributed by atoms with Crippen molar-refractivity contribution in [1.82, 2.24) is 52.8 Å². The van der Waals surface area contributed by atoms with E-state index in [1.807, 2.05) is 0 Å². The van der Waals surface area contributed by atoms with Crippen molar-refractivity contribution in [3.05, 3.63) is 11.5 Å². The van der Waals surface area contributed by atoms with Gasteiger partial charge in [0.1, 0.15) is 30.0 Å². The van der Waals surface area contributed by atoms with Crippen LogP contribution in [0.1, 0.15) is 218 Å². The molecule has 0 aliphatic heterocycles. The second-order valence-electron chi connectivity index (χ2n) is 28.4. The van der Waals surface area contributed by atoms with Crippen molar-refractivity contribution in [2.45, 2.75) is 285 Å². The molecular weight excluding hydrogens is 1630 g/mol. The quantitative estimate of drug-likeness (QED) is 0.0112. The summed E-state index contributed by atoms with van der Waals surface area (Å²) in [4.78, 5) is 225. The van der Waals surface area contributed by atoms with Gasteiger partial charge in [0.15, 0.2) is 42.9 Å². The van der Waals surface area contributed by atoms with Gasteiger partial charge in [0.05, 0.1) is 45.6 Å². The molecule has 702 valence electrons. The molecule has 0 saturated carbocycles. The second-order valence-corrected chi connectivity index (χ2v) is 28.4. The fourth-order valence-electron chi connectivity index (χ4n) is 11.8. The first-order valence-electron chi connectivity index (χ1n) is 41.1. The Morgan fingerprint density at radius 2 is 0.699 bits per heavy atom. The van der Waals surface area contributed by atoms with Crippen molar-refractivity contribution in [2.75, 3.05) is 98.5 Å². The molecule has 0 aromatic carbocycles. The van der Waals surface area contributed by atoms with E-state index in [0.717, 1.165) is 83.1 Å². The highest BCUT2D eigenvalue weighted by molar-refractivity contribution is 5.86. The number of nitrogens with zero attached hydrogens (tertiary/aromatic N) is 1. The zero-order valence-corrected chi connectivity index (χ0v) is 72.9. The van der Waals surface area contributed by atoms with Gasteiger partial charge in [-0.25, -0.2) is 0 Å². The summed E-state index contributed by atoms with van der Waals surface area (Å²) < 4.78 is 63.6. The summed E-state index contributed by atoms with van der Waals surface area (Å²) in [6, 6.07) is -3.93. The van der Waals surface area contributed by atoms with Crippen LogP contribution in [0.25, 0.3) is 0 Å². The van der Waals surface area contributed by atoms with Gasteiger partial charge in [-0.1, -0.05) is 25.7 Å². The number of amides is 9. The zero-order valence-electron chi connectivity index (χ0n) is 72.9. The van der Waals surface area contributed by atoms with Gasteiger partial charge in [-0.3, -0.25) is 91.2 Å². The Labute approximate surface area is 716 Å². The van der Waals surface area contributed by atoms with Gasteiger partial charge in [0.2, 0.25) is 53.2 Å². The molecule has 0 aliphatic carbocycles. The highest BCUT2D eigenvalue weighted by Gasteiger charge is 2.42. The summed E-state index contributed by atoms with van der Waals surface area (Å²) in [5.41, 5.74) is 5.41. The van der Waals surface area contributed by atoms with Gasteiger partial charge in [-0.2, -0.15) is 0 Å². The van der Waals surface area contributed by atoms with Crippen molar-refractivity contribution in [2.24, 2.45) is 5.73 Å². The first-order valence-corrected chi connectivity index (χ1v) is 41.1. The van der Waals surface area contributed by atoms with E-state index in [2.05, 4.69) is 47.9 Å². The maximum atomic E-state index is 14.2. The molecule has 0 aromatic rings. The number of ether oxygens (including phenoxy) is 12. The summed E-state index contributed by atoms with van der Waals surface area (Å²) >= 11 is 0. The predicted molar refractivity (Wildman–Crippen MR) is 431 cm³/mol. The van der Waals surface area contributed by atoms with Crippen molar-refractivity contribution in [1.29, 1.82) is 0 Å². The van der Waals surface area contributed by atoms with E-state index in [-0.39, 0.29) is 167 Å². The van der Waals surface area contributed by atoms with Gasteiger partial charge in [0, 0.05) is 174 Å². The summed E-state index contributed by atoms with van der Waals surface area (Å²) in [5.74, 6) is -12.0. The Kier molecular flexibility index (Phi) is 61.8. The minimum Gasteiger partial charge on any atom is -0.466 e. The lowest BCUT2D eigenvalue weighted by Gasteiger charge is -2.35. The monoisotopic (exact) mass is 1760 g/mol. The van der Waals surface area contributed by atoms with Gasteiger partial charge in [-0.05, 0) is 77.2 Å². The van der Waals surface area contributed by atoms with Crippen molar-refractivity contribution in [3.8, 4) is 0 Å². The topological polar surface area (TPSA) is 616 Å². The number of carbonyl (C=O) groups excluding carboxylic acids is 18.